The molecule has 6 rings (SSSR count). The molecule has 12 nitrogen and oxygen atoms in total. The van der Waals surface area contributed by atoms with E-state index in [1.54, 1.807) is 28.0 Å². The molecule has 2 bridgehead atoms. The number of nitrogens with zero attached hydrogens (tertiary/aromatic N) is 6. The van der Waals surface area contributed by atoms with E-state index in [0.717, 1.165) is 53.5 Å². The zero-order chi connectivity index (χ0) is 34.9. The number of ketones is 1. The van der Waals surface area contributed by atoms with Gasteiger partial charge in [-0.25, -0.2) is 15.0 Å². The van der Waals surface area contributed by atoms with Crippen molar-refractivity contribution in [3.05, 3.63) is 63.9 Å². The van der Waals surface area contributed by atoms with E-state index in [1.807, 2.05) is 32.9 Å². The smallest absolute Gasteiger partial charge is 0.248 e. The molecule has 2 aliphatic heterocycles. The van der Waals surface area contributed by atoms with E-state index in [-0.39, 0.29) is 42.3 Å². The van der Waals surface area contributed by atoms with Gasteiger partial charge in [0.1, 0.15) is 34.5 Å². The topological polar surface area (TPSA) is 152 Å². The van der Waals surface area contributed by atoms with Crippen LogP contribution in [-0.4, -0.2) is 72.3 Å². The number of aryl methyl sites for hydroxylation is 3. The molecule has 0 unspecified atom stereocenters. The number of carbonyl (C=O) groups is 4. The molecular formula is C36H41BrN8O4. The van der Waals surface area contributed by atoms with Gasteiger partial charge in [0.15, 0.2) is 5.78 Å². The molecule has 2 atom stereocenters. The van der Waals surface area contributed by atoms with Crippen LogP contribution < -0.4 is 10.6 Å². The predicted molar refractivity (Wildman–Crippen MR) is 189 cm³/mol. The van der Waals surface area contributed by atoms with Gasteiger partial charge in [-0.1, -0.05) is 25.8 Å². The molecule has 1 aromatic carbocycles. The monoisotopic (exact) mass is 728 g/mol. The minimum Gasteiger partial charge on any atom is -0.355 e. The lowest BCUT2D eigenvalue weighted by Gasteiger charge is -2.26. The van der Waals surface area contributed by atoms with Crippen LogP contribution in [-0.2, 0) is 27.3 Å². The fourth-order valence-corrected chi connectivity index (χ4v) is 7.18. The molecule has 0 spiro atoms. The second-order valence-electron chi connectivity index (χ2n) is 13.6. The summed E-state index contributed by atoms with van der Waals surface area (Å²) < 4.78 is 2.21. The lowest BCUT2D eigenvalue weighted by molar-refractivity contribution is -0.137. The third-order valence-electron chi connectivity index (χ3n) is 9.51. The van der Waals surface area contributed by atoms with Crippen LogP contribution in [0.5, 0.6) is 0 Å². The van der Waals surface area contributed by atoms with Crippen LogP contribution in [0, 0.1) is 19.3 Å². The average Bonchev–Trinajstić information content (AvgIpc) is 3.62. The van der Waals surface area contributed by atoms with Crippen molar-refractivity contribution in [2.45, 2.75) is 85.2 Å². The van der Waals surface area contributed by atoms with Crippen LogP contribution in [0.15, 0.2) is 41.3 Å². The number of Topliss-reactive ketones (excluding diaryl/α,β-unsaturated/α-hetero) is 1. The maximum Gasteiger partial charge on any atom is 0.248 e. The SMILES string of the molecule is CC(=O)c1nn2c3c(cc(-c4cnc(C)nc4)cc13)CCCCCCC(=O)NC[C@]1(C)C[C@@H](C(=O)Nc3nc(Br)ccc3C)N(C1)C(=O)C2. The lowest BCUT2D eigenvalue weighted by Crippen LogP contribution is -2.45. The summed E-state index contributed by atoms with van der Waals surface area (Å²) in [5.74, 6) is 0.169. The number of carbonyl (C=O) groups excluding carboxylic acids is 4. The van der Waals surface area contributed by atoms with E-state index in [0.29, 0.717) is 47.4 Å². The molecule has 0 aliphatic carbocycles. The molecule has 13 heteroatoms. The van der Waals surface area contributed by atoms with Gasteiger partial charge in [0.2, 0.25) is 17.7 Å². The standard InChI is InChI=1S/C36H41BrN8O4/c1-21-11-12-29(37)41-34(21)42-35(49)28-15-36(4)19-40-30(47)10-8-6-5-7-9-24-13-25(26-16-38-23(3)39-17-26)14-27-32(22(2)46)43-45(33(24)27)18-31(48)44(28)20-36/h11-14,16-17,28H,5-10,15,18-20H2,1-4H3,(H,40,47)(H,41,42,49)/t28-,36-/m0/s1. The quantitative estimate of drug-likeness (QED) is 0.211. The number of hydrogen-bond acceptors (Lipinski definition) is 8. The fourth-order valence-electron chi connectivity index (χ4n) is 6.87. The third kappa shape index (κ3) is 7.56. The maximum atomic E-state index is 14.3. The summed E-state index contributed by atoms with van der Waals surface area (Å²) in [7, 11) is 0. The molecule has 1 fully saturated rings. The Morgan fingerprint density at radius 3 is 2.49 bits per heavy atom. The van der Waals surface area contributed by atoms with Gasteiger partial charge in [-0.2, -0.15) is 5.10 Å². The van der Waals surface area contributed by atoms with Gasteiger partial charge < -0.3 is 15.5 Å². The molecule has 2 aliphatic rings. The van der Waals surface area contributed by atoms with E-state index in [4.69, 9.17) is 5.10 Å². The van der Waals surface area contributed by atoms with Crippen molar-refractivity contribution in [1.82, 2.24) is 34.9 Å². The number of anilines is 1. The first-order chi connectivity index (χ1) is 23.4. The van der Waals surface area contributed by atoms with Crippen LogP contribution in [0.3, 0.4) is 0 Å². The van der Waals surface area contributed by atoms with Crippen LogP contribution in [0.25, 0.3) is 22.0 Å². The number of benzene rings is 1. The summed E-state index contributed by atoms with van der Waals surface area (Å²) in [4.78, 5) is 68.8. The van der Waals surface area contributed by atoms with E-state index in [9.17, 15) is 19.2 Å². The summed E-state index contributed by atoms with van der Waals surface area (Å²) in [6.45, 7) is 7.58. The van der Waals surface area contributed by atoms with Gasteiger partial charge in [0.25, 0.3) is 0 Å². The Morgan fingerprint density at radius 1 is 1.02 bits per heavy atom. The number of fused-ring (bicyclic) bond motifs is 2. The average molecular weight is 730 g/mol. The van der Waals surface area contributed by atoms with Gasteiger partial charge in [-0.15, -0.1) is 0 Å². The number of nitrogens with one attached hydrogen (secondary N) is 2. The molecule has 5 heterocycles. The van der Waals surface area contributed by atoms with Crippen LogP contribution in [0.1, 0.15) is 79.8 Å². The Labute approximate surface area is 293 Å². The largest absolute Gasteiger partial charge is 0.355 e. The van der Waals surface area contributed by atoms with Crippen molar-refractivity contribution >= 4 is 56.2 Å². The van der Waals surface area contributed by atoms with Gasteiger partial charge in [-0.3, -0.25) is 23.9 Å². The molecule has 49 heavy (non-hydrogen) atoms. The molecule has 3 aromatic heterocycles. The summed E-state index contributed by atoms with van der Waals surface area (Å²) in [6.07, 6.45) is 8.43. The maximum absolute atomic E-state index is 14.3. The first kappa shape index (κ1) is 34.3. The number of rotatable bonds is 4. The number of pyridine rings is 1. The molecule has 3 amide bonds. The summed E-state index contributed by atoms with van der Waals surface area (Å²) in [5, 5.41) is 11.4. The molecule has 4 aromatic rings. The van der Waals surface area contributed by atoms with Gasteiger partial charge in [-0.05, 0) is 90.4 Å². The van der Waals surface area contributed by atoms with Crippen molar-refractivity contribution in [1.29, 1.82) is 0 Å². The Morgan fingerprint density at radius 2 is 1.76 bits per heavy atom. The Balaban J connectivity index is 1.41. The van der Waals surface area contributed by atoms with Crippen molar-refractivity contribution in [2.75, 3.05) is 18.4 Å². The molecule has 2 N–H and O–H groups in total. The van der Waals surface area contributed by atoms with Gasteiger partial charge >= 0.3 is 0 Å². The molecule has 256 valence electrons. The van der Waals surface area contributed by atoms with Crippen molar-refractivity contribution in [3.63, 3.8) is 0 Å². The molecular weight excluding hydrogens is 688 g/mol. The number of aromatic nitrogens is 5. The van der Waals surface area contributed by atoms with Crippen LogP contribution >= 0.6 is 15.9 Å². The number of halogens is 1. The van der Waals surface area contributed by atoms with E-state index < -0.39 is 11.5 Å². The normalized spacial score (nSPS) is 20.6. The fraction of sp³-hybridized carbons (Fsp3) is 0.444. The van der Waals surface area contributed by atoms with Crippen molar-refractivity contribution in [2.24, 2.45) is 5.41 Å². The van der Waals surface area contributed by atoms with E-state index in [1.165, 1.54) is 6.92 Å². The number of hydrogen-bond donors (Lipinski definition) is 2. The summed E-state index contributed by atoms with van der Waals surface area (Å²) in [5.41, 5.74) is 3.89. The van der Waals surface area contributed by atoms with E-state index >= 15 is 0 Å². The molecule has 1 saturated heterocycles. The predicted octanol–water partition coefficient (Wildman–Crippen LogP) is 5.34. The number of amides is 3. The van der Waals surface area contributed by atoms with Crippen molar-refractivity contribution in [3.8, 4) is 11.1 Å². The first-order valence-electron chi connectivity index (χ1n) is 16.7. The highest BCUT2D eigenvalue weighted by molar-refractivity contribution is 9.10. The third-order valence-corrected chi connectivity index (χ3v) is 9.95. The van der Waals surface area contributed by atoms with Crippen molar-refractivity contribution < 1.29 is 19.2 Å². The summed E-state index contributed by atoms with van der Waals surface area (Å²) in [6, 6.07) is 6.83. The Hall–Kier alpha value is -4.52. The highest BCUT2D eigenvalue weighted by Gasteiger charge is 2.46. The second-order valence-corrected chi connectivity index (χ2v) is 14.5. The minimum absolute atomic E-state index is 0.0306. The molecule has 0 radical (unpaired) electrons. The zero-order valence-electron chi connectivity index (χ0n) is 28.3. The van der Waals surface area contributed by atoms with Gasteiger partial charge in [0, 0.05) is 55.2 Å². The Kier molecular flexibility index (Phi) is 9.91. The van der Waals surface area contributed by atoms with Crippen LogP contribution in [0.2, 0.25) is 0 Å². The highest BCUT2D eigenvalue weighted by Crippen LogP contribution is 2.36. The highest BCUT2D eigenvalue weighted by atomic mass is 79.9. The molecule has 0 saturated carbocycles. The van der Waals surface area contributed by atoms with E-state index in [2.05, 4.69) is 47.6 Å². The second kappa shape index (κ2) is 14.1. The minimum atomic E-state index is -0.810. The summed E-state index contributed by atoms with van der Waals surface area (Å²) >= 11 is 3.37. The zero-order valence-corrected chi connectivity index (χ0v) is 29.9. The Bertz CT molecular complexity index is 1940. The first-order valence-corrected chi connectivity index (χ1v) is 17.5. The van der Waals surface area contributed by atoms with Crippen LogP contribution in [0.4, 0.5) is 5.82 Å². The lowest BCUT2D eigenvalue weighted by atomic mass is 9.87. The van der Waals surface area contributed by atoms with Gasteiger partial charge in [0.05, 0.1) is 5.52 Å².